The number of aromatic hydroxyl groups is 1. The van der Waals surface area contributed by atoms with Gasteiger partial charge in [-0.05, 0) is 12.1 Å². The van der Waals surface area contributed by atoms with E-state index in [4.69, 9.17) is 19.9 Å². The van der Waals surface area contributed by atoms with Gasteiger partial charge in [0.15, 0.2) is 35.1 Å². The standard InChI is InChI=1S/C19H19N5O4/c1-26-14-4-3-10(7-13(14)25)17-22-18(20)23-19-21-11-8-15-16(9-12(11)24(17)19)28-6-2-5-27-15/h3-4,7-9,17,25H,2,5-6H2,1H3,(H3,20,21,22,23). The van der Waals surface area contributed by atoms with Gasteiger partial charge in [-0.3, -0.25) is 9.88 Å². The highest BCUT2D eigenvalue weighted by Gasteiger charge is 2.27. The van der Waals surface area contributed by atoms with Crippen molar-refractivity contribution in [3.63, 3.8) is 0 Å². The third kappa shape index (κ3) is 2.55. The van der Waals surface area contributed by atoms with Crippen LogP contribution in [0.4, 0.5) is 5.95 Å². The fraction of sp³-hybridized carbons (Fsp3) is 0.263. The van der Waals surface area contributed by atoms with Gasteiger partial charge in [-0.1, -0.05) is 6.07 Å². The van der Waals surface area contributed by atoms with Crippen molar-refractivity contribution in [1.82, 2.24) is 9.55 Å². The van der Waals surface area contributed by atoms with E-state index in [0.29, 0.717) is 36.4 Å². The molecule has 2 aromatic carbocycles. The lowest BCUT2D eigenvalue weighted by Gasteiger charge is -2.24. The molecule has 3 heterocycles. The molecule has 1 atom stereocenters. The first-order valence-electron chi connectivity index (χ1n) is 8.93. The van der Waals surface area contributed by atoms with Crippen molar-refractivity contribution in [2.75, 3.05) is 25.6 Å². The van der Waals surface area contributed by atoms with Crippen LogP contribution in [0.3, 0.4) is 0 Å². The lowest BCUT2D eigenvalue weighted by atomic mass is 10.1. The van der Waals surface area contributed by atoms with Crippen LogP contribution >= 0.6 is 0 Å². The molecular formula is C19H19N5O4. The molecule has 1 unspecified atom stereocenters. The van der Waals surface area contributed by atoms with E-state index in [1.807, 2.05) is 22.8 Å². The summed E-state index contributed by atoms with van der Waals surface area (Å²) in [6.07, 6.45) is 0.330. The van der Waals surface area contributed by atoms with Gasteiger partial charge in [-0.25, -0.2) is 9.98 Å². The lowest BCUT2D eigenvalue weighted by Crippen LogP contribution is -2.31. The Morgan fingerprint density at radius 3 is 2.75 bits per heavy atom. The lowest BCUT2D eigenvalue weighted by molar-refractivity contribution is 0.297. The summed E-state index contributed by atoms with van der Waals surface area (Å²) in [5.74, 6) is 2.57. The Bertz CT molecular complexity index is 1110. The number of aromatic nitrogens is 2. The minimum atomic E-state index is -0.497. The molecule has 144 valence electrons. The molecule has 2 aliphatic heterocycles. The third-order valence-corrected chi connectivity index (χ3v) is 4.81. The maximum Gasteiger partial charge on any atom is 0.212 e. The van der Waals surface area contributed by atoms with Gasteiger partial charge in [0.05, 0.1) is 31.4 Å². The van der Waals surface area contributed by atoms with Crippen LogP contribution in [-0.4, -0.2) is 40.9 Å². The van der Waals surface area contributed by atoms with Crippen molar-refractivity contribution in [2.24, 2.45) is 10.7 Å². The van der Waals surface area contributed by atoms with Crippen molar-refractivity contribution in [3.05, 3.63) is 35.9 Å². The van der Waals surface area contributed by atoms with Gasteiger partial charge in [-0.2, -0.15) is 0 Å². The normalized spacial score (nSPS) is 18.0. The number of phenolic OH excluding ortho intramolecular Hbond substituents is 1. The van der Waals surface area contributed by atoms with E-state index in [9.17, 15) is 5.11 Å². The van der Waals surface area contributed by atoms with Crippen LogP contribution in [0.15, 0.2) is 35.3 Å². The van der Waals surface area contributed by atoms with Crippen molar-refractivity contribution < 1.29 is 19.3 Å². The Morgan fingerprint density at radius 2 is 2.00 bits per heavy atom. The Hall–Kier alpha value is -3.62. The van der Waals surface area contributed by atoms with E-state index in [2.05, 4.69) is 15.3 Å². The van der Waals surface area contributed by atoms with Crippen molar-refractivity contribution in [2.45, 2.75) is 12.6 Å². The number of fused-ring (bicyclic) bond motifs is 4. The average molecular weight is 381 g/mol. The van der Waals surface area contributed by atoms with E-state index in [1.165, 1.54) is 7.11 Å². The monoisotopic (exact) mass is 381 g/mol. The molecule has 0 bridgehead atoms. The fourth-order valence-corrected chi connectivity index (χ4v) is 3.52. The van der Waals surface area contributed by atoms with Gasteiger partial charge in [0, 0.05) is 24.1 Å². The second-order valence-electron chi connectivity index (χ2n) is 6.59. The molecule has 0 spiro atoms. The highest BCUT2D eigenvalue weighted by atomic mass is 16.5. The smallest absolute Gasteiger partial charge is 0.212 e. The average Bonchev–Trinajstić information content (AvgIpc) is 2.87. The number of imidazole rings is 1. The van der Waals surface area contributed by atoms with Gasteiger partial charge >= 0.3 is 0 Å². The molecule has 2 aliphatic rings. The summed E-state index contributed by atoms with van der Waals surface area (Å²) < 4.78 is 18.6. The summed E-state index contributed by atoms with van der Waals surface area (Å²) >= 11 is 0. The number of nitrogens with two attached hydrogens (primary N) is 1. The number of hydrogen-bond acceptors (Lipinski definition) is 8. The molecule has 9 heteroatoms. The van der Waals surface area contributed by atoms with Gasteiger partial charge < -0.3 is 25.1 Å². The number of ether oxygens (including phenoxy) is 3. The van der Waals surface area contributed by atoms with Crippen molar-refractivity contribution in [1.29, 1.82) is 0 Å². The minimum Gasteiger partial charge on any atom is -0.504 e. The summed E-state index contributed by atoms with van der Waals surface area (Å²) in [4.78, 5) is 9.17. The summed E-state index contributed by atoms with van der Waals surface area (Å²) in [5, 5.41) is 13.2. The van der Waals surface area contributed by atoms with Crippen LogP contribution in [0.25, 0.3) is 11.0 Å². The van der Waals surface area contributed by atoms with E-state index in [0.717, 1.165) is 23.0 Å². The van der Waals surface area contributed by atoms with E-state index >= 15 is 0 Å². The molecular weight excluding hydrogens is 362 g/mol. The molecule has 3 aromatic rings. The van der Waals surface area contributed by atoms with Crippen LogP contribution in [0.1, 0.15) is 18.2 Å². The molecule has 1 aromatic heterocycles. The minimum absolute atomic E-state index is 0.0314. The fourth-order valence-electron chi connectivity index (χ4n) is 3.52. The van der Waals surface area contributed by atoms with Crippen LogP contribution in [0.5, 0.6) is 23.0 Å². The zero-order chi connectivity index (χ0) is 19.3. The number of nitrogens with one attached hydrogen (secondary N) is 1. The largest absolute Gasteiger partial charge is 0.504 e. The van der Waals surface area contributed by atoms with E-state index < -0.39 is 6.17 Å². The molecule has 0 fully saturated rings. The number of hydrogen-bond donors (Lipinski definition) is 3. The summed E-state index contributed by atoms with van der Waals surface area (Å²) in [7, 11) is 1.50. The number of aliphatic imine (C=N–C) groups is 1. The molecule has 0 saturated heterocycles. The molecule has 0 amide bonds. The SMILES string of the molecule is COc1ccc(C2N=C(N)Nc3nc4cc5c(cc4n32)OCCCO5)cc1O. The predicted octanol–water partition coefficient (Wildman–Crippen LogP) is 2.20. The number of nitrogens with zero attached hydrogens (tertiary/aromatic N) is 3. The Kier molecular flexibility index (Phi) is 3.68. The number of methoxy groups -OCH3 is 1. The topological polar surface area (TPSA) is 116 Å². The zero-order valence-corrected chi connectivity index (χ0v) is 15.2. The van der Waals surface area contributed by atoms with E-state index in [-0.39, 0.29) is 11.7 Å². The Labute approximate surface area is 160 Å². The number of benzene rings is 2. The van der Waals surface area contributed by atoms with Crippen LogP contribution in [0.2, 0.25) is 0 Å². The van der Waals surface area contributed by atoms with Gasteiger partial charge in [0.1, 0.15) is 0 Å². The number of anilines is 1. The Morgan fingerprint density at radius 1 is 1.21 bits per heavy atom. The highest BCUT2D eigenvalue weighted by Crippen LogP contribution is 2.40. The quantitative estimate of drug-likeness (QED) is 0.623. The molecule has 5 rings (SSSR count). The van der Waals surface area contributed by atoms with Gasteiger partial charge in [0.25, 0.3) is 0 Å². The van der Waals surface area contributed by atoms with Gasteiger partial charge in [-0.15, -0.1) is 0 Å². The summed E-state index contributed by atoms with van der Waals surface area (Å²) in [5.41, 5.74) is 8.29. The molecule has 28 heavy (non-hydrogen) atoms. The van der Waals surface area contributed by atoms with Crippen molar-refractivity contribution >= 4 is 22.9 Å². The predicted molar refractivity (Wildman–Crippen MR) is 103 cm³/mol. The molecule has 0 aliphatic carbocycles. The van der Waals surface area contributed by atoms with Gasteiger partial charge in [0.2, 0.25) is 5.95 Å². The van der Waals surface area contributed by atoms with Crippen LogP contribution in [-0.2, 0) is 0 Å². The van der Waals surface area contributed by atoms with E-state index in [1.54, 1.807) is 12.1 Å². The van der Waals surface area contributed by atoms with Crippen LogP contribution < -0.4 is 25.3 Å². The Balaban J connectivity index is 1.68. The maximum absolute atomic E-state index is 10.2. The third-order valence-electron chi connectivity index (χ3n) is 4.81. The first kappa shape index (κ1) is 16.5. The first-order valence-corrected chi connectivity index (χ1v) is 8.93. The second-order valence-corrected chi connectivity index (χ2v) is 6.59. The van der Waals surface area contributed by atoms with Crippen molar-refractivity contribution in [3.8, 4) is 23.0 Å². The summed E-state index contributed by atoms with van der Waals surface area (Å²) in [6.45, 7) is 1.20. The van der Waals surface area contributed by atoms with Crippen LogP contribution in [0, 0.1) is 0 Å². The highest BCUT2D eigenvalue weighted by molar-refractivity contribution is 5.95. The number of rotatable bonds is 2. The molecule has 9 nitrogen and oxygen atoms in total. The molecule has 0 saturated carbocycles. The second kappa shape index (κ2) is 6.22. The number of phenols is 1. The molecule has 4 N–H and O–H groups in total. The maximum atomic E-state index is 10.2. The number of guanidine groups is 1. The molecule has 0 radical (unpaired) electrons. The summed E-state index contributed by atoms with van der Waals surface area (Å²) in [6, 6.07) is 8.91. The zero-order valence-electron chi connectivity index (χ0n) is 15.2. The first-order chi connectivity index (χ1) is 13.6.